The van der Waals surface area contributed by atoms with E-state index in [4.69, 9.17) is 21.1 Å². The van der Waals surface area contributed by atoms with Crippen LogP contribution < -0.4 is 31.8 Å². The van der Waals surface area contributed by atoms with E-state index in [0.29, 0.717) is 62.8 Å². The van der Waals surface area contributed by atoms with Crippen molar-refractivity contribution < 1.29 is 32.6 Å². The lowest BCUT2D eigenvalue weighted by atomic mass is 10.0. The number of rotatable bonds is 14. The number of nitrogens with zero attached hydrogens (tertiary/aromatic N) is 6. The van der Waals surface area contributed by atoms with Crippen molar-refractivity contribution in [1.29, 1.82) is 0 Å². The largest absolute Gasteiger partial charge is 0.489 e. The molecule has 1 atom stereocenters. The second-order valence-electron chi connectivity index (χ2n) is 12.0. The first-order valence-corrected chi connectivity index (χ1v) is 17.4. The topological polar surface area (TPSA) is 196 Å². The third-order valence-corrected chi connectivity index (χ3v) is 9.49. The van der Waals surface area contributed by atoms with Crippen molar-refractivity contribution in [3.8, 4) is 17.0 Å². The van der Waals surface area contributed by atoms with Crippen molar-refractivity contribution in [2.45, 2.75) is 44.7 Å². The van der Waals surface area contributed by atoms with Crippen molar-refractivity contribution in [1.82, 2.24) is 30.3 Å². The average Bonchev–Trinajstić information content (AvgIpc) is 3.81. The summed E-state index contributed by atoms with van der Waals surface area (Å²) in [4.78, 5) is 43.5. The molecule has 51 heavy (non-hydrogen) atoms. The van der Waals surface area contributed by atoms with E-state index < -0.39 is 35.4 Å². The Kier molecular flexibility index (Phi) is 11.3. The molecule has 2 aromatic carbocycles. The van der Waals surface area contributed by atoms with Crippen molar-refractivity contribution in [3.63, 3.8) is 0 Å². The molecule has 270 valence electrons. The molecule has 0 saturated carbocycles. The fourth-order valence-corrected chi connectivity index (χ4v) is 6.66. The van der Waals surface area contributed by atoms with Crippen LogP contribution in [0.4, 0.5) is 25.3 Å². The van der Waals surface area contributed by atoms with Gasteiger partial charge in [0.2, 0.25) is 11.7 Å². The van der Waals surface area contributed by atoms with Gasteiger partial charge in [0.1, 0.15) is 6.04 Å². The first-order chi connectivity index (χ1) is 24.7. The van der Waals surface area contributed by atoms with Gasteiger partial charge in [0.15, 0.2) is 16.7 Å². The van der Waals surface area contributed by atoms with Gasteiger partial charge in [0.25, 0.3) is 11.8 Å². The monoisotopic (exact) mass is 724 g/mol. The number of nitrogens with two attached hydrogens (primary N) is 2. The standard InChI is InChI=1S/C33H38F2N10O5S/c34-24-5-4-22(26-19-51-33(40-26)43-12-15-49-16-13-43)30(29(24)35)50-14-9-21-18-39-42-44(21)11-2-1-10-38-20-3-6-25(36)23(17-20)32(48)45(37)27-7-8-28(46)41-31(27)47/h3-6,17-19,27,38H,1-2,7-16,36-37H2,(H,41,46,47). The molecule has 1 unspecified atom stereocenters. The number of amides is 3. The smallest absolute Gasteiger partial charge is 0.270 e. The van der Waals surface area contributed by atoms with Crippen LogP contribution in [-0.4, -0.2) is 88.2 Å². The number of piperidine rings is 1. The zero-order chi connectivity index (χ0) is 35.9. The maximum absolute atomic E-state index is 15.0. The summed E-state index contributed by atoms with van der Waals surface area (Å²) < 4.78 is 42.2. The zero-order valence-corrected chi connectivity index (χ0v) is 28.5. The molecular formula is C33H38F2N10O5S. The Balaban J connectivity index is 0.988. The van der Waals surface area contributed by atoms with E-state index in [1.807, 2.05) is 5.38 Å². The Labute approximate surface area is 295 Å². The van der Waals surface area contributed by atoms with Crippen LogP contribution in [-0.2, 0) is 27.3 Å². The molecule has 0 aliphatic carbocycles. The molecule has 2 fully saturated rings. The number of anilines is 3. The fourth-order valence-electron chi connectivity index (χ4n) is 5.78. The summed E-state index contributed by atoms with van der Waals surface area (Å²) in [5.41, 5.74) is 8.68. The summed E-state index contributed by atoms with van der Waals surface area (Å²) in [6.45, 7) is 3.81. The lowest BCUT2D eigenvalue weighted by Crippen LogP contribution is -2.57. The molecule has 0 bridgehead atoms. The summed E-state index contributed by atoms with van der Waals surface area (Å²) >= 11 is 1.43. The Hall–Kier alpha value is -5.20. The summed E-state index contributed by atoms with van der Waals surface area (Å²) in [6.07, 6.45) is 3.65. The number of benzene rings is 2. The number of nitrogens with one attached hydrogen (secondary N) is 2. The number of imide groups is 1. The second-order valence-corrected chi connectivity index (χ2v) is 12.9. The van der Waals surface area contributed by atoms with E-state index in [1.54, 1.807) is 29.1 Å². The number of ether oxygens (including phenoxy) is 2. The highest BCUT2D eigenvalue weighted by atomic mass is 32.1. The van der Waals surface area contributed by atoms with Crippen LogP contribution in [0.2, 0.25) is 0 Å². The van der Waals surface area contributed by atoms with Gasteiger partial charge in [0, 0.05) is 61.3 Å². The van der Waals surface area contributed by atoms with Gasteiger partial charge < -0.3 is 25.4 Å². The van der Waals surface area contributed by atoms with Gasteiger partial charge in [-0.3, -0.25) is 24.7 Å². The minimum atomic E-state index is -1.07. The predicted octanol–water partition coefficient (Wildman–Crippen LogP) is 2.73. The van der Waals surface area contributed by atoms with Gasteiger partial charge in [-0.05, 0) is 49.6 Å². The van der Waals surface area contributed by atoms with Crippen LogP contribution in [0.25, 0.3) is 11.3 Å². The van der Waals surface area contributed by atoms with Crippen molar-refractivity contribution in [2.24, 2.45) is 5.84 Å². The molecule has 0 spiro atoms. The highest BCUT2D eigenvalue weighted by Crippen LogP contribution is 2.36. The van der Waals surface area contributed by atoms with E-state index in [-0.39, 0.29) is 36.4 Å². The van der Waals surface area contributed by atoms with Crippen molar-refractivity contribution in [3.05, 3.63) is 64.8 Å². The Morgan fingerprint density at radius 3 is 2.80 bits per heavy atom. The number of nitrogen functional groups attached to an aromatic ring is 1. The van der Waals surface area contributed by atoms with Crippen LogP contribution in [0.15, 0.2) is 41.9 Å². The van der Waals surface area contributed by atoms with E-state index in [1.165, 1.54) is 17.4 Å². The summed E-state index contributed by atoms with van der Waals surface area (Å²) in [5, 5.41) is 17.0. The molecule has 4 heterocycles. The lowest BCUT2D eigenvalue weighted by molar-refractivity contribution is -0.136. The molecular weight excluding hydrogens is 686 g/mol. The van der Waals surface area contributed by atoms with Gasteiger partial charge in [-0.25, -0.2) is 19.9 Å². The number of thiazole rings is 1. The molecule has 15 nitrogen and oxygen atoms in total. The number of hydrazine groups is 1. The van der Waals surface area contributed by atoms with E-state index in [2.05, 4.69) is 30.8 Å². The Morgan fingerprint density at radius 2 is 2.00 bits per heavy atom. The molecule has 2 aromatic heterocycles. The maximum Gasteiger partial charge on any atom is 0.270 e. The van der Waals surface area contributed by atoms with E-state index in [0.717, 1.165) is 34.7 Å². The second kappa shape index (κ2) is 16.2. The highest BCUT2D eigenvalue weighted by Gasteiger charge is 2.34. The predicted molar refractivity (Wildman–Crippen MR) is 185 cm³/mol. The molecule has 6 N–H and O–H groups in total. The first kappa shape index (κ1) is 35.6. The van der Waals surface area contributed by atoms with Crippen LogP contribution in [0.1, 0.15) is 41.7 Å². The van der Waals surface area contributed by atoms with Gasteiger partial charge in [-0.1, -0.05) is 5.21 Å². The fraction of sp³-hybridized carbons (Fsp3) is 0.394. The number of hydrogen-bond donors (Lipinski definition) is 4. The first-order valence-electron chi connectivity index (χ1n) is 16.5. The maximum atomic E-state index is 15.0. The molecule has 3 amide bonds. The molecule has 2 aliphatic rings. The van der Waals surface area contributed by atoms with Crippen LogP contribution in [0, 0.1) is 11.6 Å². The summed E-state index contributed by atoms with van der Waals surface area (Å²) in [6, 6.07) is 6.46. The number of aryl methyl sites for hydroxylation is 1. The Morgan fingerprint density at radius 1 is 1.18 bits per heavy atom. The normalized spacial score (nSPS) is 16.2. The quantitative estimate of drug-likeness (QED) is 0.0371. The van der Waals surface area contributed by atoms with E-state index >= 15 is 0 Å². The van der Waals surface area contributed by atoms with Gasteiger partial charge in [-0.15, -0.1) is 16.4 Å². The van der Waals surface area contributed by atoms with Gasteiger partial charge >= 0.3 is 0 Å². The number of carbonyl (C=O) groups excluding carboxylic acids is 3. The molecule has 2 aliphatic heterocycles. The number of hydrogen-bond acceptors (Lipinski definition) is 13. The van der Waals surface area contributed by atoms with Crippen LogP contribution >= 0.6 is 11.3 Å². The summed E-state index contributed by atoms with van der Waals surface area (Å²) in [7, 11) is 0. The molecule has 6 rings (SSSR count). The number of aromatic nitrogens is 4. The van der Waals surface area contributed by atoms with Gasteiger partial charge in [0.05, 0.1) is 43.0 Å². The van der Waals surface area contributed by atoms with Crippen molar-refractivity contribution >= 4 is 45.6 Å². The van der Waals surface area contributed by atoms with Crippen LogP contribution in [0.3, 0.4) is 0 Å². The molecule has 18 heteroatoms. The minimum Gasteiger partial charge on any atom is -0.489 e. The highest BCUT2D eigenvalue weighted by molar-refractivity contribution is 7.14. The number of unbranched alkanes of at least 4 members (excludes halogenated alkanes) is 1. The van der Waals surface area contributed by atoms with Crippen LogP contribution in [0.5, 0.6) is 5.75 Å². The summed E-state index contributed by atoms with van der Waals surface area (Å²) in [5.74, 6) is 2.04. The average molecular weight is 725 g/mol. The lowest BCUT2D eigenvalue weighted by Gasteiger charge is -2.29. The third-order valence-electron chi connectivity index (χ3n) is 8.59. The number of carbonyl (C=O) groups is 3. The molecule has 4 aromatic rings. The van der Waals surface area contributed by atoms with E-state index in [9.17, 15) is 23.2 Å². The minimum absolute atomic E-state index is 0.0602. The molecule has 0 radical (unpaired) electrons. The third kappa shape index (κ3) is 8.41. The number of morpholine rings is 1. The van der Waals surface area contributed by atoms with Crippen molar-refractivity contribution in [2.75, 3.05) is 55.4 Å². The SMILES string of the molecule is Nc1ccc(NCCCCn2nncc2CCOc2c(-c3csc(N4CCOCC4)n3)ccc(F)c2F)cc1C(=O)N(N)C1CCC(=O)NC1=O. The molecule has 2 saturated heterocycles. The van der Waals surface area contributed by atoms with Gasteiger partial charge in [-0.2, -0.15) is 4.39 Å². The Bertz CT molecular complexity index is 1880. The zero-order valence-electron chi connectivity index (χ0n) is 27.6. The number of halogens is 2.